The molecule has 0 radical (unpaired) electrons. The lowest BCUT2D eigenvalue weighted by molar-refractivity contribution is -0.166. The van der Waals surface area contributed by atoms with Crippen molar-refractivity contribution < 1.29 is 14.7 Å². The Bertz CT molecular complexity index is 315. The first kappa shape index (κ1) is 11.4. The molecule has 0 unspecified atom stereocenters. The number of fused-ring (bicyclic) bond motifs is 1. The maximum atomic E-state index is 11.8. The fourth-order valence-electron chi connectivity index (χ4n) is 3.37. The van der Waals surface area contributed by atoms with E-state index in [4.69, 9.17) is 0 Å². The number of piperidine rings is 1. The van der Waals surface area contributed by atoms with Crippen LogP contribution in [0.1, 0.15) is 45.4 Å². The minimum Gasteiger partial charge on any atom is -0.481 e. The minimum atomic E-state index is -0.705. The highest BCUT2D eigenvalue weighted by Gasteiger charge is 2.53. The summed E-state index contributed by atoms with van der Waals surface area (Å²) in [4.78, 5) is 25.1. The Morgan fingerprint density at radius 2 is 2.25 bits per heavy atom. The number of amides is 1. The van der Waals surface area contributed by atoms with E-state index >= 15 is 0 Å². The van der Waals surface area contributed by atoms with E-state index in [9.17, 15) is 14.7 Å². The van der Waals surface area contributed by atoms with Gasteiger partial charge in [-0.05, 0) is 26.2 Å². The Labute approximate surface area is 95.6 Å². The molecule has 1 aliphatic carbocycles. The third kappa shape index (κ3) is 1.51. The highest BCUT2D eigenvalue weighted by atomic mass is 16.4. The van der Waals surface area contributed by atoms with E-state index in [0.717, 1.165) is 25.7 Å². The third-order valence-corrected chi connectivity index (χ3v) is 4.24. The number of carbonyl (C=O) groups is 2. The zero-order chi connectivity index (χ0) is 11.8. The van der Waals surface area contributed by atoms with Crippen molar-refractivity contribution in [1.82, 2.24) is 4.90 Å². The van der Waals surface area contributed by atoms with E-state index in [-0.39, 0.29) is 11.9 Å². The van der Waals surface area contributed by atoms with Gasteiger partial charge in [-0.25, -0.2) is 0 Å². The zero-order valence-electron chi connectivity index (χ0n) is 9.74. The van der Waals surface area contributed by atoms with E-state index in [1.54, 1.807) is 4.90 Å². The van der Waals surface area contributed by atoms with Crippen molar-refractivity contribution in [2.24, 2.45) is 5.41 Å². The summed E-state index contributed by atoms with van der Waals surface area (Å²) in [6.07, 6.45) is 4.54. The average molecular weight is 225 g/mol. The number of nitrogens with zero attached hydrogens (tertiary/aromatic N) is 1. The maximum absolute atomic E-state index is 11.8. The van der Waals surface area contributed by atoms with Gasteiger partial charge in [0.25, 0.3) is 0 Å². The van der Waals surface area contributed by atoms with Gasteiger partial charge in [0.05, 0.1) is 5.41 Å². The monoisotopic (exact) mass is 225 g/mol. The van der Waals surface area contributed by atoms with Crippen LogP contribution in [0.15, 0.2) is 0 Å². The van der Waals surface area contributed by atoms with E-state index in [2.05, 4.69) is 0 Å². The first-order valence-electron chi connectivity index (χ1n) is 6.14. The van der Waals surface area contributed by atoms with Gasteiger partial charge >= 0.3 is 5.97 Å². The van der Waals surface area contributed by atoms with Crippen LogP contribution >= 0.6 is 0 Å². The van der Waals surface area contributed by atoms with Crippen molar-refractivity contribution in [3.8, 4) is 0 Å². The second-order valence-electron chi connectivity index (χ2n) is 4.90. The topological polar surface area (TPSA) is 57.6 Å². The van der Waals surface area contributed by atoms with E-state index in [1.807, 2.05) is 6.92 Å². The molecule has 2 aliphatic rings. The fraction of sp³-hybridized carbons (Fsp3) is 0.833. The highest BCUT2D eigenvalue weighted by Crippen LogP contribution is 2.46. The van der Waals surface area contributed by atoms with Crippen LogP contribution in [0.3, 0.4) is 0 Å². The van der Waals surface area contributed by atoms with Crippen molar-refractivity contribution in [3.63, 3.8) is 0 Å². The van der Waals surface area contributed by atoms with E-state index < -0.39 is 11.4 Å². The molecule has 0 spiro atoms. The molecular weight excluding hydrogens is 206 g/mol. The SMILES string of the molecule is CCN1C(=O)CC[C@@]2(C(=O)O)CCCC[C@H]12. The van der Waals surface area contributed by atoms with Crippen LogP contribution in [0, 0.1) is 5.41 Å². The van der Waals surface area contributed by atoms with Crippen molar-refractivity contribution in [2.75, 3.05) is 6.54 Å². The Kier molecular flexibility index (Phi) is 2.91. The van der Waals surface area contributed by atoms with Crippen LogP contribution in [0.2, 0.25) is 0 Å². The predicted octanol–water partition coefficient (Wildman–Crippen LogP) is 1.64. The summed E-state index contributed by atoms with van der Waals surface area (Å²) < 4.78 is 0. The molecule has 1 aliphatic heterocycles. The Morgan fingerprint density at radius 3 is 2.88 bits per heavy atom. The summed E-state index contributed by atoms with van der Waals surface area (Å²) in [7, 11) is 0. The van der Waals surface area contributed by atoms with Crippen LogP contribution in [-0.4, -0.2) is 34.5 Å². The van der Waals surface area contributed by atoms with E-state index in [0.29, 0.717) is 19.4 Å². The Hall–Kier alpha value is -1.06. The summed E-state index contributed by atoms with van der Waals surface area (Å²) >= 11 is 0. The van der Waals surface area contributed by atoms with Gasteiger partial charge in [0.2, 0.25) is 5.91 Å². The Balaban J connectivity index is 2.33. The van der Waals surface area contributed by atoms with Crippen LogP contribution in [0.25, 0.3) is 0 Å². The normalized spacial score (nSPS) is 34.7. The van der Waals surface area contributed by atoms with Crippen LogP contribution in [-0.2, 0) is 9.59 Å². The van der Waals surface area contributed by atoms with Gasteiger partial charge in [-0.2, -0.15) is 0 Å². The first-order valence-corrected chi connectivity index (χ1v) is 6.14. The number of rotatable bonds is 2. The van der Waals surface area contributed by atoms with Gasteiger partial charge in [-0.15, -0.1) is 0 Å². The molecule has 2 fully saturated rings. The van der Waals surface area contributed by atoms with E-state index in [1.165, 1.54) is 0 Å². The van der Waals surface area contributed by atoms with Crippen LogP contribution in [0.5, 0.6) is 0 Å². The lowest BCUT2D eigenvalue weighted by Gasteiger charge is -2.49. The molecular formula is C12H19NO3. The molecule has 1 N–H and O–H groups in total. The molecule has 2 rings (SSSR count). The van der Waals surface area contributed by atoms with Crippen molar-refractivity contribution in [2.45, 2.75) is 51.5 Å². The van der Waals surface area contributed by atoms with Crippen molar-refractivity contribution >= 4 is 11.9 Å². The molecule has 0 aromatic carbocycles. The molecule has 4 nitrogen and oxygen atoms in total. The van der Waals surface area contributed by atoms with Gasteiger partial charge in [-0.1, -0.05) is 12.8 Å². The number of carboxylic acids is 1. The molecule has 1 saturated heterocycles. The molecule has 16 heavy (non-hydrogen) atoms. The van der Waals surface area contributed by atoms with Crippen LogP contribution < -0.4 is 0 Å². The second kappa shape index (κ2) is 4.07. The van der Waals surface area contributed by atoms with Gasteiger partial charge in [0.15, 0.2) is 0 Å². The summed E-state index contributed by atoms with van der Waals surface area (Å²) in [6.45, 7) is 2.57. The summed E-state index contributed by atoms with van der Waals surface area (Å²) in [5.41, 5.74) is -0.651. The number of hydrogen-bond donors (Lipinski definition) is 1. The molecule has 1 saturated carbocycles. The lowest BCUT2D eigenvalue weighted by atomic mass is 9.65. The van der Waals surface area contributed by atoms with Crippen LogP contribution in [0.4, 0.5) is 0 Å². The number of hydrogen-bond acceptors (Lipinski definition) is 2. The number of likely N-dealkylation sites (tertiary alicyclic amines) is 1. The molecule has 1 amide bonds. The summed E-state index contributed by atoms with van der Waals surface area (Å²) in [5, 5.41) is 9.49. The van der Waals surface area contributed by atoms with Gasteiger partial charge in [0.1, 0.15) is 0 Å². The lowest BCUT2D eigenvalue weighted by Crippen LogP contribution is -2.59. The molecule has 4 heteroatoms. The van der Waals surface area contributed by atoms with Crippen molar-refractivity contribution in [3.05, 3.63) is 0 Å². The maximum Gasteiger partial charge on any atom is 0.311 e. The number of carbonyl (C=O) groups excluding carboxylic acids is 1. The molecule has 0 aromatic rings. The predicted molar refractivity (Wildman–Crippen MR) is 58.9 cm³/mol. The average Bonchev–Trinajstić information content (AvgIpc) is 2.29. The molecule has 90 valence electrons. The molecule has 2 atom stereocenters. The number of carboxylic acid groups (broad SMARTS) is 1. The third-order valence-electron chi connectivity index (χ3n) is 4.24. The fourth-order valence-corrected chi connectivity index (χ4v) is 3.37. The second-order valence-corrected chi connectivity index (χ2v) is 4.90. The van der Waals surface area contributed by atoms with Gasteiger partial charge in [-0.3, -0.25) is 9.59 Å². The minimum absolute atomic E-state index is 0.0648. The summed E-state index contributed by atoms with van der Waals surface area (Å²) in [5.74, 6) is -0.575. The summed E-state index contributed by atoms with van der Waals surface area (Å²) in [6, 6.07) is -0.0648. The largest absolute Gasteiger partial charge is 0.481 e. The van der Waals surface area contributed by atoms with Crippen molar-refractivity contribution in [1.29, 1.82) is 0 Å². The quantitative estimate of drug-likeness (QED) is 0.777. The first-order chi connectivity index (χ1) is 7.62. The zero-order valence-corrected chi connectivity index (χ0v) is 9.74. The highest BCUT2D eigenvalue weighted by molar-refractivity contribution is 5.83. The molecule has 0 aromatic heterocycles. The standard InChI is InChI=1S/C12H19NO3/c1-2-13-9-5-3-4-7-12(9,11(15)16)8-6-10(13)14/h9H,2-8H2,1H3,(H,15,16)/t9-,12-/m0/s1. The smallest absolute Gasteiger partial charge is 0.311 e. The molecule has 0 bridgehead atoms. The number of aliphatic carboxylic acids is 1. The van der Waals surface area contributed by atoms with Gasteiger partial charge < -0.3 is 10.0 Å². The Morgan fingerprint density at radius 1 is 1.50 bits per heavy atom. The molecule has 1 heterocycles. The van der Waals surface area contributed by atoms with Gasteiger partial charge in [0, 0.05) is 19.0 Å².